The maximum atomic E-state index is 12.5. The predicted octanol–water partition coefficient (Wildman–Crippen LogP) is 3.80. The van der Waals surface area contributed by atoms with E-state index in [1.807, 2.05) is 12.1 Å². The number of halogens is 1. The fraction of sp³-hybridized carbons (Fsp3) is 0.312. The first kappa shape index (κ1) is 18.4. The molecule has 1 aromatic carbocycles. The number of ether oxygens (including phenoxy) is 2. The highest BCUT2D eigenvalue weighted by Crippen LogP contribution is 2.26. The number of aromatic nitrogens is 1. The van der Waals surface area contributed by atoms with Crippen molar-refractivity contribution < 1.29 is 19.1 Å². The molecule has 6 nitrogen and oxygen atoms in total. The minimum Gasteiger partial charge on any atom is -0.478 e. The van der Waals surface area contributed by atoms with Crippen LogP contribution in [0.5, 0.6) is 5.75 Å². The summed E-state index contributed by atoms with van der Waals surface area (Å²) in [7, 11) is 1.30. The van der Waals surface area contributed by atoms with Gasteiger partial charge in [0, 0.05) is 4.47 Å². The van der Waals surface area contributed by atoms with E-state index in [1.54, 1.807) is 32.9 Å². The number of rotatable bonds is 5. The van der Waals surface area contributed by atoms with Crippen LogP contribution in [0.4, 0.5) is 5.13 Å². The molecule has 1 aromatic heterocycles. The van der Waals surface area contributed by atoms with Gasteiger partial charge in [-0.3, -0.25) is 10.1 Å². The molecule has 24 heavy (non-hydrogen) atoms. The number of hydrogen-bond donors (Lipinski definition) is 1. The van der Waals surface area contributed by atoms with Crippen molar-refractivity contribution in [2.45, 2.75) is 26.4 Å². The number of amides is 1. The molecule has 0 spiro atoms. The molecule has 0 atom stereocenters. The number of hydrogen-bond acceptors (Lipinski definition) is 6. The first-order valence-electron chi connectivity index (χ1n) is 7.04. The van der Waals surface area contributed by atoms with Gasteiger partial charge in [-0.05, 0) is 45.0 Å². The number of carbonyl (C=O) groups excluding carboxylic acids is 2. The monoisotopic (exact) mass is 412 g/mol. The molecule has 0 saturated carbocycles. The van der Waals surface area contributed by atoms with Gasteiger partial charge in [0.05, 0.1) is 12.8 Å². The van der Waals surface area contributed by atoms with Gasteiger partial charge in [-0.25, -0.2) is 9.78 Å². The zero-order valence-corrected chi connectivity index (χ0v) is 16.1. The Kier molecular flexibility index (Phi) is 5.61. The molecule has 0 unspecified atom stereocenters. The summed E-state index contributed by atoms with van der Waals surface area (Å²) in [6.45, 7) is 5.00. The molecule has 2 aromatic rings. The average molecular weight is 413 g/mol. The van der Waals surface area contributed by atoms with Crippen LogP contribution in [-0.4, -0.2) is 29.6 Å². The summed E-state index contributed by atoms with van der Waals surface area (Å²) in [5, 5.41) is 3.00. The van der Waals surface area contributed by atoms with Crippen molar-refractivity contribution in [1.82, 2.24) is 4.98 Å². The molecule has 128 valence electrons. The fourth-order valence-corrected chi connectivity index (χ4v) is 2.97. The smallest absolute Gasteiger partial charge is 0.350 e. The molecule has 0 aliphatic heterocycles. The zero-order valence-electron chi connectivity index (χ0n) is 13.7. The lowest BCUT2D eigenvalue weighted by atomic mass is 10.1. The minimum atomic E-state index is -1.11. The summed E-state index contributed by atoms with van der Waals surface area (Å²) in [6.07, 6.45) is 0. The van der Waals surface area contributed by atoms with Crippen LogP contribution < -0.4 is 10.1 Å². The number of carbonyl (C=O) groups is 2. The van der Waals surface area contributed by atoms with Crippen molar-refractivity contribution in [3.63, 3.8) is 0 Å². The lowest BCUT2D eigenvalue weighted by Crippen LogP contribution is -2.42. The Morgan fingerprint density at radius 3 is 2.46 bits per heavy atom. The van der Waals surface area contributed by atoms with E-state index < -0.39 is 11.6 Å². The molecule has 0 aliphatic rings. The van der Waals surface area contributed by atoms with Gasteiger partial charge in [0.15, 0.2) is 10.7 Å². The van der Waals surface area contributed by atoms with E-state index in [-0.39, 0.29) is 5.91 Å². The molecule has 2 rings (SSSR count). The Morgan fingerprint density at radius 1 is 1.25 bits per heavy atom. The third kappa shape index (κ3) is 4.33. The summed E-state index contributed by atoms with van der Waals surface area (Å²) in [5.41, 5.74) is -0.604. The van der Waals surface area contributed by atoms with E-state index in [9.17, 15) is 9.59 Å². The quantitative estimate of drug-likeness (QED) is 0.755. The molecular weight excluding hydrogens is 396 g/mol. The number of thiazole rings is 1. The molecule has 0 aliphatic carbocycles. The number of nitrogens with zero attached hydrogens (tertiary/aromatic N) is 1. The van der Waals surface area contributed by atoms with E-state index in [4.69, 9.17) is 4.74 Å². The second kappa shape index (κ2) is 7.31. The van der Waals surface area contributed by atoms with Gasteiger partial charge < -0.3 is 9.47 Å². The number of nitrogens with one attached hydrogen (secondary N) is 1. The Balaban J connectivity index is 2.10. The first-order valence-corrected chi connectivity index (χ1v) is 8.65. The number of methoxy groups -OCH3 is 1. The van der Waals surface area contributed by atoms with Crippen LogP contribution >= 0.6 is 27.3 Å². The minimum absolute atomic E-state index is 0.324. The van der Waals surface area contributed by atoms with Crippen LogP contribution in [0.2, 0.25) is 0 Å². The van der Waals surface area contributed by atoms with E-state index in [0.717, 1.165) is 15.8 Å². The van der Waals surface area contributed by atoms with Crippen molar-refractivity contribution in [2.75, 3.05) is 12.4 Å². The van der Waals surface area contributed by atoms with Gasteiger partial charge in [-0.1, -0.05) is 27.3 Å². The third-order valence-electron chi connectivity index (χ3n) is 3.12. The van der Waals surface area contributed by atoms with Crippen molar-refractivity contribution in [1.29, 1.82) is 0 Å². The van der Waals surface area contributed by atoms with Crippen LogP contribution in [-0.2, 0) is 9.53 Å². The van der Waals surface area contributed by atoms with Crippen molar-refractivity contribution in [2.24, 2.45) is 0 Å². The SMILES string of the molecule is COC(=O)c1sc(NC(=O)C(C)(C)Oc2ccc(Br)cc2)nc1C. The maximum absolute atomic E-state index is 12.5. The van der Waals surface area contributed by atoms with E-state index >= 15 is 0 Å². The summed E-state index contributed by atoms with van der Waals surface area (Å²) in [4.78, 5) is 28.6. The molecule has 8 heteroatoms. The van der Waals surface area contributed by atoms with Crippen LogP contribution in [0.1, 0.15) is 29.2 Å². The highest BCUT2D eigenvalue weighted by molar-refractivity contribution is 9.10. The molecular formula is C16H17BrN2O4S. The summed E-state index contributed by atoms with van der Waals surface area (Å²) < 4.78 is 11.4. The number of anilines is 1. The van der Waals surface area contributed by atoms with Gasteiger partial charge in [0.25, 0.3) is 5.91 Å². The largest absolute Gasteiger partial charge is 0.478 e. The second-order valence-electron chi connectivity index (χ2n) is 5.45. The maximum Gasteiger partial charge on any atom is 0.350 e. The molecule has 1 amide bonds. The van der Waals surface area contributed by atoms with Gasteiger partial charge >= 0.3 is 5.97 Å². The van der Waals surface area contributed by atoms with Crippen LogP contribution in [0, 0.1) is 6.92 Å². The lowest BCUT2D eigenvalue weighted by molar-refractivity contribution is -0.128. The summed E-state index contributed by atoms with van der Waals surface area (Å²) in [5.74, 6) is -0.268. The van der Waals surface area contributed by atoms with Crippen LogP contribution in [0.15, 0.2) is 28.7 Å². The standard InChI is InChI=1S/C16H17BrN2O4S/c1-9-12(13(20)22-4)24-15(18-9)19-14(21)16(2,3)23-11-7-5-10(17)6-8-11/h5-8H,1-4H3,(H,18,19,21). The number of esters is 1. The molecule has 0 fully saturated rings. The molecule has 0 bridgehead atoms. The van der Waals surface area contributed by atoms with Gasteiger partial charge in [-0.15, -0.1) is 0 Å². The van der Waals surface area contributed by atoms with Gasteiger partial charge in [0.2, 0.25) is 0 Å². The Labute approximate surface area is 152 Å². The molecule has 1 heterocycles. The van der Waals surface area contributed by atoms with Gasteiger partial charge in [0.1, 0.15) is 10.6 Å². The number of aryl methyl sites for hydroxylation is 1. The average Bonchev–Trinajstić information content (AvgIpc) is 2.89. The molecule has 0 saturated heterocycles. The van der Waals surface area contributed by atoms with Crippen LogP contribution in [0.25, 0.3) is 0 Å². The second-order valence-corrected chi connectivity index (χ2v) is 7.36. The highest BCUT2D eigenvalue weighted by Gasteiger charge is 2.31. The van der Waals surface area contributed by atoms with Crippen molar-refractivity contribution >= 4 is 44.3 Å². The van der Waals surface area contributed by atoms with E-state index in [2.05, 4.69) is 31.0 Å². The first-order chi connectivity index (χ1) is 11.2. The third-order valence-corrected chi connectivity index (χ3v) is 4.70. The molecule has 1 N–H and O–H groups in total. The summed E-state index contributed by atoms with van der Waals surface area (Å²) >= 11 is 4.41. The van der Waals surface area contributed by atoms with E-state index in [0.29, 0.717) is 21.5 Å². The molecule has 0 radical (unpaired) electrons. The predicted molar refractivity (Wildman–Crippen MR) is 95.7 cm³/mol. The van der Waals surface area contributed by atoms with Gasteiger partial charge in [-0.2, -0.15) is 0 Å². The normalized spacial score (nSPS) is 11.0. The van der Waals surface area contributed by atoms with Crippen molar-refractivity contribution in [3.8, 4) is 5.75 Å². The highest BCUT2D eigenvalue weighted by atomic mass is 79.9. The summed E-state index contributed by atoms with van der Waals surface area (Å²) in [6, 6.07) is 7.19. The van der Waals surface area contributed by atoms with E-state index in [1.165, 1.54) is 7.11 Å². The van der Waals surface area contributed by atoms with Crippen LogP contribution in [0.3, 0.4) is 0 Å². The topological polar surface area (TPSA) is 77.5 Å². The number of benzene rings is 1. The Bertz CT molecular complexity index is 756. The Morgan fingerprint density at radius 2 is 1.88 bits per heavy atom. The zero-order chi connectivity index (χ0) is 17.9. The fourth-order valence-electron chi connectivity index (χ4n) is 1.82. The Hall–Kier alpha value is -1.93. The lowest BCUT2D eigenvalue weighted by Gasteiger charge is -2.24. The van der Waals surface area contributed by atoms with Crippen molar-refractivity contribution in [3.05, 3.63) is 39.3 Å².